The highest BCUT2D eigenvalue weighted by Gasteiger charge is 2.11. The van der Waals surface area contributed by atoms with E-state index in [1.54, 1.807) is 11.3 Å². The van der Waals surface area contributed by atoms with Crippen molar-refractivity contribution in [1.29, 1.82) is 0 Å². The molecular formula is C15H19N3OS. The Morgan fingerprint density at radius 1 is 1.25 bits per heavy atom. The van der Waals surface area contributed by atoms with Crippen LogP contribution in [0, 0.1) is 0 Å². The Morgan fingerprint density at radius 2 is 2.05 bits per heavy atom. The lowest BCUT2D eigenvalue weighted by Gasteiger charge is -2.21. The van der Waals surface area contributed by atoms with Crippen molar-refractivity contribution in [3.8, 4) is 0 Å². The first kappa shape index (κ1) is 14.6. The van der Waals surface area contributed by atoms with Crippen molar-refractivity contribution in [3.63, 3.8) is 0 Å². The van der Waals surface area contributed by atoms with Gasteiger partial charge in [-0.3, -0.25) is 4.90 Å². The third-order valence-electron chi connectivity index (χ3n) is 3.20. The van der Waals surface area contributed by atoms with Gasteiger partial charge in [-0.05, 0) is 23.6 Å². The second-order valence-corrected chi connectivity index (χ2v) is 5.56. The summed E-state index contributed by atoms with van der Waals surface area (Å²) in [6, 6.07) is 12.0. The fourth-order valence-corrected chi connectivity index (χ4v) is 2.85. The van der Waals surface area contributed by atoms with Crippen LogP contribution in [0.25, 0.3) is 0 Å². The summed E-state index contributed by atoms with van der Waals surface area (Å²) < 4.78 is 0. The maximum atomic E-state index is 8.86. The number of oxime groups is 1. The zero-order valence-electron chi connectivity index (χ0n) is 11.5. The molecule has 2 aromatic rings. The molecule has 0 aliphatic rings. The van der Waals surface area contributed by atoms with Gasteiger partial charge in [0.25, 0.3) is 0 Å². The van der Waals surface area contributed by atoms with Crippen molar-refractivity contribution in [2.24, 2.45) is 10.9 Å². The Balaban J connectivity index is 2.15. The lowest BCUT2D eigenvalue weighted by Crippen LogP contribution is -2.24. The van der Waals surface area contributed by atoms with Gasteiger partial charge in [-0.1, -0.05) is 42.4 Å². The molecule has 0 saturated carbocycles. The minimum Gasteiger partial charge on any atom is -0.409 e. The molecule has 0 amide bonds. The molecule has 1 aromatic carbocycles. The average molecular weight is 289 g/mol. The molecule has 0 fully saturated rings. The highest BCUT2D eigenvalue weighted by atomic mass is 32.1. The van der Waals surface area contributed by atoms with Crippen LogP contribution in [0.1, 0.15) is 22.9 Å². The van der Waals surface area contributed by atoms with Crippen molar-refractivity contribution >= 4 is 17.2 Å². The van der Waals surface area contributed by atoms with E-state index in [1.807, 2.05) is 24.3 Å². The molecule has 106 valence electrons. The van der Waals surface area contributed by atoms with Crippen molar-refractivity contribution in [1.82, 2.24) is 4.90 Å². The third-order valence-corrected chi connectivity index (χ3v) is 4.06. The summed E-state index contributed by atoms with van der Waals surface area (Å²) in [5.41, 5.74) is 7.59. The minimum atomic E-state index is 0.160. The highest BCUT2D eigenvalue weighted by molar-refractivity contribution is 7.09. The van der Waals surface area contributed by atoms with E-state index in [-0.39, 0.29) is 5.84 Å². The zero-order valence-corrected chi connectivity index (χ0v) is 12.3. The van der Waals surface area contributed by atoms with Gasteiger partial charge >= 0.3 is 0 Å². The molecular weight excluding hydrogens is 270 g/mol. The van der Waals surface area contributed by atoms with Gasteiger partial charge in [-0.25, -0.2) is 0 Å². The van der Waals surface area contributed by atoms with Gasteiger partial charge in [0, 0.05) is 23.5 Å². The fourth-order valence-electron chi connectivity index (χ4n) is 2.11. The van der Waals surface area contributed by atoms with Crippen molar-refractivity contribution in [2.45, 2.75) is 20.0 Å². The summed E-state index contributed by atoms with van der Waals surface area (Å²) in [5, 5.41) is 14.1. The molecule has 20 heavy (non-hydrogen) atoms. The minimum absolute atomic E-state index is 0.160. The fraction of sp³-hybridized carbons (Fsp3) is 0.267. The highest BCUT2D eigenvalue weighted by Crippen LogP contribution is 2.16. The van der Waals surface area contributed by atoms with Gasteiger partial charge in [0.2, 0.25) is 0 Å². The van der Waals surface area contributed by atoms with Crippen molar-refractivity contribution in [3.05, 3.63) is 57.8 Å². The molecule has 0 aliphatic carbocycles. The number of hydrogen-bond donors (Lipinski definition) is 2. The number of rotatable bonds is 6. The van der Waals surface area contributed by atoms with Gasteiger partial charge in [0.1, 0.15) is 0 Å². The Morgan fingerprint density at radius 3 is 2.70 bits per heavy atom. The van der Waals surface area contributed by atoms with Crippen LogP contribution in [0.4, 0.5) is 0 Å². The summed E-state index contributed by atoms with van der Waals surface area (Å²) in [7, 11) is 0. The van der Waals surface area contributed by atoms with Gasteiger partial charge in [-0.2, -0.15) is 0 Å². The van der Waals surface area contributed by atoms with Crippen molar-refractivity contribution < 1.29 is 5.21 Å². The number of nitrogens with zero attached hydrogens (tertiary/aromatic N) is 2. The largest absolute Gasteiger partial charge is 0.409 e. The summed E-state index contributed by atoms with van der Waals surface area (Å²) in [6.07, 6.45) is 0. The topological polar surface area (TPSA) is 61.8 Å². The van der Waals surface area contributed by atoms with E-state index in [0.717, 1.165) is 30.8 Å². The number of nitrogens with two attached hydrogens (primary N) is 1. The molecule has 0 radical (unpaired) electrons. The maximum Gasteiger partial charge on any atom is 0.170 e. The van der Waals surface area contributed by atoms with Gasteiger partial charge in [0.05, 0.1) is 0 Å². The number of amidine groups is 1. The predicted molar refractivity (Wildman–Crippen MR) is 83.1 cm³/mol. The molecule has 1 heterocycles. The van der Waals surface area contributed by atoms with Crippen LogP contribution < -0.4 is 5.73 Å². The average Bonchev–Trinajstić information content (AvgIpc) is 2.99. The molecule has 5 heteroatoms. The summed E-state index contributed by atoms with van der Waals surface area (Å²) in [4.78, 5) is 3.67. The Kier molecular flexibility index (Phi) is 5.15. The molecule has 3 N–H and O–H groups in total. The molecule has 0 atom stereocenters. The van der Waals surface area contributed by atoms with E-state index < -0.39 is 0 Å². The monoisotopic (exact) mass is 289 g/mol. The van der Waals surface area contributed by atoms with E-state index in [2.05, 4.69) is 34.5 Å². The van der Waals surface area contributed by atoms with Crippen LogP contribution in [-0.2, 0) is 13.1 Å². The summed E-state index contributed by atoms with van der Waals surface area (Å²) in [5.74, 6) is 0.160. The van der Waals surface area contributed by atoms with Crippen LogP contribution in [-0.4, -0.2) is 22.5 Å². The maximum absolute atomic E-state index is 8.86. The number of hydrogen-bond acceptors (Lipinski definition) is 4. The lowest BCUT2D eigenvalue weighted by molar-refractivity contribution is 0.273. The van der Waals surface area contributed by atoms with E-state index in [9.17, 15) is 0 Å². The SMILES string of the molecule is CCN(Cc1cccs1)Cc1ccccc1C(N)=NO. The molecule has 2 rings (SSSR count). The Bertz CT molecular complexity index is 566. The van der Waals surface area contributed by atoms with Gasteiger partial charge in [0.15, 0.2) is 5.84 Å². The first-order valence-electron chi connectivity index (χ1n) is 6.55. The van der Waals surface area contributed by atoms with E-state index >= 15 is 0 Å². The quantitative estimate of drug-likeness (QED) is 0.372. The molecule has 0 spiro atoms. The predicted octanol–water partition coefficient (Wildman–Crippen LogP) is 2.86. The number of thiophene rings is 1. The third kappa shape index (κ3) is 3.59. The van der Waals surface area contributed by atoms with Crippen molar-refractivity contribution in [2.75, 3.05) is 6.54 Å². The van der Waals surface area contributed by atoms with Crippen LogP contribution in [0.2, 0.25) is 0 Å². The van der Waals surface area contributed by atoms with Crippen LogP contribution >= 0.6 is 11.3 Å². The summed E-state index contributed by atoms with van der Waals surface area (Å²) >= 11 is 1.76. The van der Waals surface area contributed by atoms with E-state index in [0.29, 0.717) is 0 Å². The van der Waals surface area contributed by atoms with Gasteiger partial charge in [-0.15, -0.1) is 11.3 Å². The first-order valence-corrected chi connectivity index (χ1v) is 7.43. The number of benzene rings is 1. The standard InChI is InChI=1S/C15H19N3OS/c1-2-18(11-13-7-5-9-20-13)10-12-6-3-4-8-14(12)15(16)17-19/h3-9,19H,2,10-11H2,1H3,(H2,16,17). The second kappa shape index (κ2) is 7.07. The zero-order chi connectivity index (χ0) is 14.4. The Hall–Kier alpha value is -1.85. The molecule has 0 unspecified atom stereocenters. The molecule has 0 saturated heterocycles. The van der Waals surface area contributed by atoms with Crippen LogP contribution in [0.3, 0.4) is 0 Å². The van der Waals surface area contributed by atoms with E-state index in [4.69, 9.17) is 10.9 Å². The molecule has 0 bridgehead atoms. The second-order valence-electron chi connectivity index (χ2n) is 4.53. The first-order chi connectivity index (χ1) is 9.74. The smallest absolute Gasteiger partial charge is 0.170 e. The molecule has 4 nitrogen and oxygen atoms in total. The Labute approximate surface area is 123 Å². The lowest BCUT2D eigenvalue weighted by atomic mass is 10.1. The van der Waals surface area contributed by atoms with E-state index in [1.165, 1.54) is 4.88 Å². The van der Waals surface area contributed by atoms with Crippen LogP contribution in [0.15, 0.2) is 46.9 Å². The summed E-state index contributed by atoms with van der Waals surface area (Å²) in [6.45, 7) is 4.78. The van der Waals surface area contributed by atoms with Crippen LogP contribution in [0.5, 0.6) is 0 Å². The molecule has 0 aliphatic heterocycles. The normalized spacial score (nSPS) is 12.0. The molecule has 1 aromatic heterocycles. The van der Waals surface area contributed by atoms with Gasteiger partial charge < -0.3 is 10.9 Å².